The number of methoxy groups -OCH3 is 1. The quantitative estimate of drug-likeness (QED) is 0.251. The third kappa shape index (κ3) is 6.77. The van der Waals surface area contributed by atoms with E-state index in [2.05, 4.69) is 20.6 Å². The van der Waals surface area contributed by atoms with Crippen molar-refractivity contribution in [3.05, 3.63) is 82.3 Å². The van der Waals surface area contributed by atoms with Crippen molar-refractivity contribution in [3.63, 3.8) is 0 Å². The van der Waals surface area contributed by atoms with Gasteiger partial charge in [0.05, 0.1) is 18.9 Å². The van der Waals surface area contributed by atoms with Crippen LogP contribution in [0.25, 0.3) is 22.2 Å². The van der Waals surface area contributed by atoms with Crippen molar-refractivity contribution in [2.45, 2.75) is 30.9 Å². The van der Waals surface area contributed by atoms with E-state index in [1.165, 1.54) is 48.2 Å². The molecule has 1 fully saturated rings. The number of alkyl halides is 1. The Morgan fingerprint density at radius 3 is 2.67 bits per heavy atom. The zero-order valence-electron chi connectivity index (χ0n) is 22.9. The molecule has 2 aromatic heterocycles. The number of sulfonamides is 1. The Morgan fingerprint density at radius 1 is 1.16 bits per heavy atom. The zero-order valence-corrected chi connectivity index (χ0v) is 24.5. The first kappa shape index (κ1) is 30.7. The highest BCUT2D eigenvalue weighted by Crippen LogP contribution is 2.31. The lowest BCUT2D eigenvalue weighted by Crippen LogP contribution is -2.44. The molecule has 0 unspecified atom stereocenters. The molecule has 1 aliphatic rings. The topological polar surface area (TPSA) is 118 Å². The van der Waals surface area contributed by atoms with Crippen LogP contribution in [0.15, 0.2) is 59.5 Å². The average Bonchev–Trinajstić information content (AvgIpc) is 2.97. The molecule has 2 N–H and O–H groups in total. The van der Waals surface area contributed by atoms with E-state index < -0.39 is 44.8 Å². The van der Waals surface area contributed by atoms with E-state index in [4.69, 9.17) is 16.5 Å². The normalized spacial score (nSPS) is 17.2. The number of anilines is 2. The highest BCUT2D eigenvalue weighted by molar-refractivity contribution is 7.93. The minimum Gasteiger partial charge on any atom is -0.383 e. The van der Waals surface area contributed by atoms with Crippen LogP contribution in [0, 0.1) is 11.6 Å². The molecule has 1 saturated heterocycles. The molecule has 228 valence electrons. The van der Waals surface area contributed by atoms with Gasteiger partial charge in [0.2, 0.25) is 5.95 Å². The van der Waals surface area contributed by atoms with Crippen LogP contribution in [-0.4, -0.2) is 62.0 Å². The van der Waals surface area contributed by atoms with Gasteiger partial charge in [-0.05, 0) is 29.8 Å². The number of piperidine rings is 1. The molecule has 0 radical (unpaired) electrons. The molecule has 2 atom stereocenters. The summed E-state index contributed by atoms with van der Waals surface area (Å²) in [6.07, 6.45) is 0.787. The molecule has 2 aromatic carbocycles. The Balaban J connectivity index is 1.48. The largest absolute Gasteiger partial charge is 0.383 e. The number of hydrogen-bond donors (Lipinski definition) is 2. The van der Waals surface area contributed by atoms with Crippen molar-refractivity contribution in [3.8, 4) is 11.1 Å². The number of halogens is 4. The summed E-state index contributed by atoms with van der Waals surface area (Å²) in [7, 11) is -2.89. The van der Waals surface area contributed by atoms with E-state index in [1.807, 2.05) is 0 Å². The fourth-order valence-electron chi connectivity index (χ4n) is 4.84. The molecule has 3 heterocycles. The molecule has 0 spiro atoms. The summed E-state index contributed by atoms with van der Waals surface area (Å²) >= 11 is 6.04. The first-order chi connectivity index (χ1) is 20.6. The standard InChI is InChI=1S/C28H28ClF3N6O4S/c1-42-9-8-37-26-19(13-34-28(36-26)35-21-12-20(30)14-33-15-21)10-22(27(37)39)17-6-7-25(24(32)11-17)38(29)43(40,41)16-18-4-2-3-5-23(18)31/h2-7,10-11,13,20-21,33H,8-9,12,14-16H2,1H3,(H,34,35,36)/t20-,21-/m0/s1. The van der Waals surface area contributed by atoms with Crippen LogP contribution in [0.4, 0.5) is 24.8 Å². The molecule has 0 amide bonds. The fraction of sp³-hybridized carbons (Fsp3) is 0.321. The van der Waals surface area contributed by atoms with Gasteiger partial charge in [-0.1, -0.05) is 24.3 Å². The van der Waals surface area contributed by atoms with Gasteiger partial charge < -0.3 is 15.4 Å². The summed E-state index contributed by atoms with van der Waals surface area (Å²) in [5.41, 5.74) is -0.563. The number of aromatic nitrogens is 3. The predicted molar refractivity (Wildman–Crippen MR) is 158 cm³/mol. The van der Waals surface area contributed by atoms with Crippen molar-refractivity contribution in [2.75, 3.05) is 35.9 Å². The van der Waals surface area contributed by atoms with Crippen LogP contribution in [0.1, 0.15) is 12.0 Å². The molecule has 0 saturated carbocycles. The third-order valence-corrected chi connectivity index (χ3v) is 9.14. The van der Waals surface area contributed by atoms with Crippen LogP contribution in [0.3, 0.4) is 0 Å². The molecule has 1 aliphatic heterocycles. The number of pyridine rings is 1. The van der Waals surface area contributed by atoms with Crippen molar-refractivity contribution < 1.29 is 26.3 Å². The highest BCUT2D eigenvalue weighted by Gasteiger charge is 2.26. The molecule has 0 bridgehead atoms. The monoisotopic (exact) mass is 636 g/mol. The van der Waals surface area contributed by atoms with Gasteiger partial charge in [0.15, 0.2) is 0 Å². The van der Waals surface area contributed by atoms with Gasteiger partial charge in [-0.3, -0.25) is 9.36 Å². The zero-order chi connectivity index (χ0) is 30.7. The Bertz CT molecular complexity index is 1810. The summed E-state index contributed by atoms with van der Waals surface area (Å²) in [6, 6.07) is 10.0. The summed E-state index contributed by atoms with van der Waals surface area (Å²) in [6.45, 7) is 1.11. The molecule has 10 nitrogen and oxygen atoms in total. The summed E-state index contributed by atoms with van der Waals surface area (Å²) in [5.74, 6) is -2.32. The van der Waals surface area contributed by atoms with Gasteiger partial charge in [0.1, 0.15) is 29.1 Å². The molecule has 4 aromatic rings. The van der Waals surface area contributed by atoms with Crippen LogP contribution < -0.4 is 20.0 Å². The lowest BCUT2D eigenvalue weighted by Gasteiger charge is -2.26. The van der Waals surface area contributed by atoms with Crippen LogP contribution in [-0.2, 0) is 27.1 Å². The molecular weight excluding hydrogens is 609 g/mol. The summed E-state index contributed by atoms with van der Waals surface area (Å²) in [4.78, 5) is 22.5. The van der Waals surface area contributed by atoms with Crippen LogP contribution >= 0.6 is 11.8 Å². The van der Waals surface area contributed by atoms with Gasteiger partial charge in [-0.15, -0.1) is 0 Å². The minimum atomic E-state index is -4.37. The fourth-order valence-corrected chi connectivity index (χ4v) is 6.31. The smallest absolute Gasteiger partial charge is 0.260 e. The van der Waals surface area contributed by atoms with E-state index in [1.54, 1.807) is 0 Å². The van der Waals surface area contributed by atoms with Crippen LogP contribution in [0.2, 0.25) is 0 Å². The molecule has 5 rings (SSSR count). The number of benzene rings is 2. The second-order valence-electron chi connectivity index (χ2n) is 10.0. The van der Waals surface area contributed by atoms with Gasteiger partial charge in [-0.25, -0.2) is 26.6 Å². The molecule has 0 aliphatic carbocycles. The molecular formula is C28H28ClF3N6O4S. The van der Waals surface area contributed by atoms with Gasteiger partial charge >= 0.3 is 0 Å². The van der Waals surface area contributed by atoms with E-state index in [0.29, 0.717) is 17.6 Å². The first-order valence-electron chi connectivity index (χ1n) is 13.3. The highest BCUT2D eigenvalue weighted by atomic mass is 35.5. The number of nitrogens with one attached hydrogen (secondary N) is 2. The van der Waals surface area contributed by atoms with Gasteiger partial charge in [0.25, 0.3) is 15.6 Å². The lowest BCUT2D eigenvalue weighted by molar-refractivity contribution is 0.187. The second kappa shape index (κ2) is 12.9. The third-order valence-electron chi connectivity index (χ3n) is 6.96. The van der Waals surface area contributed by atoms with Crippen molar-refractivity contribution in [1.29, 1.82) is 0 Å². The van der Waals surface area contributed by atoms with Gasteiger partial charge in [-0.2, -0.15) is 8.81 Å². The molecule has 43 heavy (non-hydrogen) atoms. The maximum Gasteiger partial charge on any atom is 0.260 e. The summed E-state index contributed by atoms with van der Waals surface area (Å²) < 4.78 is 75.6. The Hall–Kier alpha value is -3.72. The number of ether oxygens (including phenoxy) is 1. The van der Waals surface area contributed by atoms with E-state index in [9.17, 15) is 22.0 Å². The Morgan fingerprint density at radius 2 is 1.95 bits per heavy atom. The van der Waals surface area contributed by atoms with Gasteiger partial charge in [0, 0.05) is 67.1 Å². The van der Waals surface area contributed by atoms with Crippen molar-refractivity contribution in [2.24, 2.45) is 0 Å². The minimum absolute atomic E-state index is 0.102. The maximum atomic E-state index is 15.3. The summed E-state index contributed by atoms with van der Waals surface area (Å²) in [5, 5.41) is 6.57. The number of fused-ring (bicyclic) bond motifs is 1. The van der Waals surface area contributed by atoms with Crippen molar-refractivity contribution >= 4 is 44.5 Å². The maximum absolute atomic E-state index is 15.3. The van der Waals surface area contributed by atoms with Crippen molar-refractivity contribution in [1.82, 2.24) is 19.9 Å². The Kier molecular flexibility index (Phi) is 9.20. The van der Waals surface area contributed by atoms with E-state index in [0.717, 1.165) is 18.2 Å². The first-order valence-corrected chi connectivity index (χ1v) is 15.2. The van der Waals surface area contributed by atoms with Crippen LogP contribution in [0.5, 0.6) is 0 Å². The van der Waals surface area contributed by atoms with E-state index >= 15 is 4.39 Å². The number of nitrogens with zero attached hydrogens (tertiary/aromatic N) is 4. The second-order valence-corrected chi connectivity index (χ2v) is 12.4. The lowest BCUT2D eigenvalue weighted by atomic mass is 10.1. The van der Waals surface area contributed by atoms with E-state index in [-0.39, 0.29) is 58.6 Å². The Labute approximate surface area is 250 Å². The number of rotatable bonds is 10. The number of hydrogen-bond acceptors (Lipinski definition) is 8. The SMILES string of the molecule is COCCn1c(=O)c(-c2ccc(N(Cl)S(=O)(=O)Cc3ccccc3F)c(F)c2)cc2cnc(N[C@@H]3CNC[C@@H](F)C3)nc21. The molecule has 15 heteroatoms. The average molecular weight is 637 g/mol. The predicted octanol–water partition coefficient (Wildman–Crippen LogP) is 3.99.